The van der Waals surface area contributed by atoms with Gasteiger partial charge in [0.05, 0.1) is 12.1 Å². The summed E-state index contributed by atoms with van der Waals surface area (Å²) in [6, 6.07) is -1.03. The van der Waals surface area contributed by atoms with Crippen molar-refractivity contribution < 1.29 is 14.4 Å². The highest BCUT2D eigenvalue weighted by atomic mass is 16.2. The molecule has 6 nitrogen and oxygen atoms in total. The molecule has 3 N–H and O–H groups in total. The minimum atomic E-state index is -0.986. The molecule has 1 aliphatic heterocycles. The molecule has 1 saturated heterocycles. The second-order valence-corrected chi connectivity index (χ2v) is 6.03. The van der Waals surface area contributed by atoms with Gasteiger partial charge in [-0.15, -0.1) is 0 Å². The zero-order valence-electron chi connectivity index (χ0n) is 13.2. The van der Waals surface area contributed by atoms with Gasteiger partial charge in [-0.1, -0.05) is 26.7 Å². The summed E-state index contributed by atoms with van der Waals surface area (Å²) in [7, 11) is 1.91. The molecule has 6 heteroatoms. The molecule has 0 aliphatic carbocycles. The fourth-order valence-electron chi connectivity index (χ4n) is 2.65. The SMILES string of the molecule is CCC(C)CC(NC(=O)C1CCCCN1C)C(=O)C(N)=O. The van der Waals surface area contributed by atoms with Crippen LogP contribution in [0.1, 0.15) is 46.0 Å². The van der Waals surface area contributed by atoms with E-state index in [9.17, 15) is 14.4 Å². The number of amides is 2. The topological polar surface area (TPSA) is 92.5 Å². The summed E-state index contributed by atoms with van der Waals surface area (Å²) in [5, 5.41) is 2.73. The highest BCUT2D eigenvalue weighted by Gasteiger charge is 2.31. The number of primary amides is 1. The van der Waals surface area contributed by atoms with Crippen LogP contribution in [0, 0.1) is 5.92 Å². The lowest BCUT2D eigenvalue weighted by Crippen LogP contribution is -2.54. The molecule has 0 aromatic carbocycles. The van der Waals surface area contributed by atoms with Crippen LogP contribution in [-0.4, -0.2) is 48.2 Å². The first kappa shape index (κ1) is 17.6. The minimum Gasteiger partial charge on any atom is -0.363 e. The lowest BCUT2D eigenvalue weighted by molar-refractivity contribution is -0.139. The summed E-state index contributed by atoms with van der Waals surface area (Å²) < 4.78 is 0. The van der Waals surface area contributed by atoms with Crippen LogP contribution in [0.5, 0.6) is 0 Å². The van der Waals surface area contributed by atoms with Gasteiger partial charge in [0, 0.05) is 0 Å². The van der Waals surface area contributed by atoms with Gasteiger partial charge in [-0.25, -0.2) is 0 Å². The first-order chi connectivity index (χ1) is 9.86. The van der Waals surface area contributed by atoms with Crippen LogP contribution in [0.4, 0.5) is 0 Å². The quantitative estimate of drug-likeness (QED) is 0.667. The number of hydrogen-bond donors (Lipinski definition) is 2. The Morgan fingerprint density at radius 3 is 2.52 bits per heavy atom. The molecule has 3 unspecified atom stereocenters. The van der Waals surface area contributed by atoms with E-state index in [1.807, 2.05) is 25.8 Å². The molecule has 0 aromatic rings. The molecule has 1 fully saturated rings. The third-order valence-electron chi connectivity index (χ3n) is 4.28. The van der Waals surface area contributed by atoms with Crippen molar-refractivity contribution >= 4 is 17.6 Å². The molecule has 3 atom stereocenters. The number of nitrogens with two attached hydrogens (primary N) is 1. The monoisotopic (exact) mass is 297 g/mol. The predicted molar refractivity (Wildman–Crippen MR) is 80.5 cm³/mol. The highest BCUT2D eigenvalue weighted by molar-refractivity contribution is 6.37. The summed E-state index contributed by atoms with van der Waals surface area (Å²) in [6.07, 6.45) is 4.18. The second kappa shape index (κ2) is 8.12. The largest absolute Gasteiger partial charge is 0.363 e. The third-order valence-corrected chi connectivity index (χ3v) is 4.28. The normalized spacial score (nSPS) is 22.3. The molecule has 0 saturated carbocycles. The molecule has 0 aromatic heterocycles. The number of hydrogen-bond acceptors (Lipinski definition) is 4. The number of carbonyl (C=O) groups excluding carboxylic acids is 3. The number of rotatable bonds is 7. The van der Waals surface area contributed by atoms with E-state index < -0.39 is 17.7 Å². The Morgan fingerprint density at radius 2 is 2.00 bits per heavy atom. The van der Waals surface area contributed by atoms with E-state index in [0.29, 0.717) is 6.42 Å². The predicted octanol–water partition coefficient (Wildman–Crippen LogP) is 0.446. The fourth-order valence-corrected chi connectivity index (χ4v) is 2.65. The summed E-state index contributed by atoms with van der Waals surface area (Å²) in [5.41, 5.74) is 5.09. The maximum absolute atomic E-state index is 12.4. The number of nitrogens with one attached hydrogen (secondary N) is 1. The molecule has 21 heavy (non-hydrogen) atoms. The van der Waals surface area contributed by atoms with E-state index in [0.717, 1.165) is 32.2 Å². The van der Waals surface area contributed by atoms with E-state index in [2.05, 4.69) is 5.32 Å². The van der Waals surface area contributed by atoms with Gasteiger partial charge in [0.25, 0.3) is 5.91 Å². The van der Waals surface area contributed by atoms with E-state index >= 15 is 0 Å². The summed E-state index contributed by atoms with van der Waals surface area (Å²) in [6.45, 7) is 4.87. The summed E-state index contributed by atoms with van der Waals surface area (Å²) in [4.78, 5) is 37.4. The van der Waals surface area contributed by atoms with Crippen LogP contribution in [0.2, 0.25) is 0 Å². The Morgan fingerprint density at radius 1 is 1.33 bits per heavy atom. The Hall–Kier alpha value is -1.43. The number of ketones is 1. The molecule has 1 aliphatic rings. The van der Waals surface area contributed by atoms with Gasteiger partial charge in [-0.2, -0.15) is 0 Å². The average Bonchev–Trinajstić information content (AvgIpc) is 2.45. The maximum atomic E-state index is 12.4. The standard InChI is InChI=1S/C15H27N3O3/c1-4-10(2)9-11(13(19)14(16)20)17-15(21)12-7-5-6-8-18(12)3/h10-12H,4-9H2,1-3H3,(H2,16,20)(H,17,21). The summed E-state index contributed by atoms with van der Waals surface area (Å²) >= 11 is 0. The van der Waals surface area contributed by atoms with Crippen molar-refractivity contribution in [2.24, 2.45) is 11.7 Å². The smallest absolute Gasteiger partial charge is 0.287 e. The second-order valence-electron chi connectivity index (χ2n) is 6.03. The molecule has 120 valence electrons. The van der Waals surface area contributed by atoms with E-state index in [4.69, 9.17) is 5.73 Å². The number of likely N-dealkylation sites (N-methyl/N-ethyl adjacent to an activating group) is 1. The highest BCUT2D eigenvalue weighted by Crippen LogP contribution is 2.16. The maximum Gasteiger partial charge on any atom is 0.287 e. The molecule has 0 spiro atoms. The van der Waals surface area contributed by atoms with Crippen molar-refractivity contribution in [3.05, 3.63) is 0 Å². The molecule has 1 heterocycles. The van der Waals surface area contributed by atoms with E-state index in [1.165, 1.54) is 0 Å². The lowest BCUT2D eigenvalue weighted by atomic mass is 9.95. The Bertz CT molecular complexity index is 398. The molecule has 2 amide bonds. The van der Waals surface area contributed by atoms with Crippen LogP contribution >= 0.6 is 0 Å². The molecular formula is C15H27N3O3. The van der Waals surface area contributed by atoms with Crippen molar-refractivity contribution in [1.82, 2.24) is 10.2 Å². The molecule has 1 rings (SSSR count). The Balaban J connectivity index is 2.72. The molecule has 0 bridgehead atoms. The van der Waals surface area contributed by atoms with Crippen molar-refractivity contribution in [3.8, 4) is 0 Å². The number of piperidine rings is 1. The van der Waals surface area contributed by atoms with Gasteiger partial charge in [0.1, 0.15) is 0 Å². The van der Waals surface area contributed by atoms with Crippen molar-refractivity contribution in [2.75, 3.05) is 13.6 Å². The first-order valence-electron chi connectivity index (χ1n) is 7.71. The van der Waals surface area contributed by atoms with Gasteiger partial charge in [0.15, 0.2) is 0 Å². The van der Waals surface area contributed by atoms with Gasteiger partial charge < -0.3 is 11.1 Å². The van der Waals surface area contributed by atoms with Gasteiger partial charge >= 0.3 is 0 Å². The number of nitrogens with zero attached hydrogens (tertiary/aromatic N) is 1. The van der Waals surface area contributed by atoms with E-state index in [1.54, 1.807) is 0 Å². The van der Waals surface area contributed by atoms with Crippen LogP contribution in [0.25, 0.3) is 0 Å². The third kappa shape index (κ3) is 5.12. The van der Waals surface area contributed by atoms with Gasteiger partial charge in [-0.3, -0.25) is 19.3 Å². The van der Waals surface area contributed by atoms with E-state index in [-0.39, 0.29) is 17.9 Å². The van der Waals surface area contributed by atoms with Crippen molar-refractivity contribution in [3.63, 3.8) is 0 Å². The van der Waals surface area contributed by atoms with Gasteiger partial charge in [-0.05, 0) is 38.8 Å². The Labute approximate surface area is 126 Å². The zero-order chi connectivity index (χ0) is 16.0. The first-order valence-corrected chi connectivity index (χ1v) is 7.71. The number of likely N-dealkylation sites (tertiary alicyclic amines) is 1. The van der Waals surface area contributed by atoms with Gasteiger partial charge in [0.2, 0.25) is 11.7 Å². The molecular weight excluding hydrogens is 270 g/mol. The van der Waals surface area contributed by atoms with Crippen molar-refractivity contribution in [2.45, 2.75) is 58.0 Å². The molecule has 0 radical (unpaired) electrons. The number of Topliss-reactive ketones (excluding diaryl/α,β-unsaturated/α-hetero) is 1. The van der Waals surface area contributed by atoms with Crippen LogP contribution in [0.15, 0.2) is 0 Å². The average molecular weight is 297 g/mol. The van der Waals surface area contributed by atoms with Crippen molar-refractivity contribution in [1.29, 1.82) is 0 Å². The number of carbonyl (C=O) groups is 3. The lowest BCUT2D eigenvalue weighted by Gasteiger charge is -2.32. The van der Waals surface area contributed by atoms with Crippen LogP contribution < -0.4 is 11.1 Å². The van der Waals surface area contributed by atoms with Crippen LogP contribution in [0.3, 0.4) is 0 Å². The van der Waals surface area contributed by atoms with Crippen LogP contribution in [-0.2, 0) is 14.4 Å². The minimum absolute atomic E-state index is 0.180. The fraction of sp³-hybridized carbons (Fsp3) is 0.800. The Kier molecular flexibility index (Phi) is 6.81. The summed E-state index contributed by atoms with van der Waals surface area (Å²) in [5.74, 6) is -1.63. The zero-order valence-corrected chi connectivity index (χ0v) is 13.2.